The molecule has 1 N–H and O–H groups in total. The van der Waals surface area contributed by atoms with Gasteiger partial charge in [-0.2, -0.15) is 0 Å². The molecule has 0 atom stereocenters. The van der Waals surface area contributed by atoms with Crippen LogP contribution in [0.2, 0.25) is 0 Å². The number of nitrogens with one attached hydrogen (secondary N) is 1. The highest BCUT2D eigenvalue weighted by atomic mass is 19.1. The van der Waals surface area contributed by atoms with Gasteiger partial charge in [-0.3, -0.25) is 0 Å². The maximum absolute atomic E-state index is 13.3. The van der Waals surface area contributed by atoms with Gasteiger partial charge in [0.2, 0.25) is 0 Å². The second kappa shape index (κ2) is 6.24. The Morgan fingerprint density at radius 2 is 2.20 bits per heavy atom. The maximum atomic E-state index is 13.3. The van der Waals surface area contributed by atoms with Crippen LogP contribution in [0.5, 0.6) is 5.75 Å². The lowest BCUT2D eigenvalue weighted by Crippen LogP contribution is -2.10. The van der Waals surface area contributed by atoms with E-state index in [0.717, 1.165) is 0 Å². The first-order chi connectivity index (χ1) is 7.27. The van der Waals surface area contributed by atoms with Gasteiger partial charge in [-0.15, -0.1) is 0 Å². The van der Waals surface area contributed by atoms with Crippen LogP contribution in [0.3, 0.4) is 0 Å². The molecule has 0 aromatic heterocycles. The monoisotopic (exact) mass is 213 g/mol. The molecule has 0 saturated carbocycles. The van der Waals surface area contributed by atoms with E-state index in [4.69, 9.17) is 9.47 Å². The molecule has 1 rings (SSSR count). The van der Waals surface area contributed by atoms with Crippen LogP contribution in [-0.2, 0) is 4.74 Å². The van der Waals surface area contributed by atoms with Crippen molar-refractivity contribution < 1.29 is 13.9 Å². The summed E-state index contributed by atoms with van der Waals surface area (Å²) in [5.41, 5.74) is 0.439. The van der Waals surface area contributed by atoms with Crippen LogP contribution in [0.15, 0.2) is 18.2 Å². The van der Waals surface area contributed by atoms with Gasteiger partial charge in [0.15, 0.2) is 0 Å². The van der Waals surface area contributed by atoms with Gasteiger partial charge < -0.3 is 14.8 Å². The molecule has 0 amide bonds. The van der Waals surface area contributed by atoms with Gasteiger partial charge in [0, 0.05) is 19.2 Å². The molecule has 15 heavy (non-hydrogen) atoms. The van der Waals surface area contributed by atoms with Crippen LogP contribution in [0.4, 0.5) is 10.1 Å². The minimum Gasteiger partial charge on any atom is -0.497 e. The van der Waals surface area contributed by atoms with E-state index in [1.807, 2.05) is 6.92 Å². The molecule has 0 saturated heterocycles. The molecule has 0 radical (unpaired) electrons. The van der Waals surface area contributed by atoms with Crippen molar-refractivity contribution in [3.05, 3.63) is 24.0 Å². The standard InChI is InChI=1S/C11H16FNO2/c1-3-15-7-6-13-11-8-9(14-2)4-5-10(11)12/h4-5,8,13H,3,6-7H2,1-2H3. The number of hydrogen-bond donors (Lipinski definition) is 1. The fraction of sp³-hybridized carbons (Fsp3) is 0.455. The van der Waals surface area contributed by atoms with Crippen LogP contribution in [0.1, 0.15) is 6.92 Å². The van der Waals surface area contributed by atoms with Crippen molar-refractivity contribution >= 4 is 5.69 Å². The summed E-state index contributed by atoms with van der Waals surface area (Å²) in [5, 5.41) is 2.94. The van der Waals surface area contributed by atoms with Gasteiger partial charge in [-0.05, 0) is 19.1 Å². The van der Waals surface area contributed by atoms with Crippen molar-refractivity contribution in [1.29, 1.82) is 0 Å². The molecule has 0 fully saturated rings. The predicted octanol–water partition coefficient (Wildman–Crippen LogP) is 2.28. The van der Waals surface area contributed by atoms with Crippen LogP contribution in [-0.4, -0.2) is 26.9 Å². The van der Waals surface area contributed by atoms with Crippen molar-refractivity contribution in [3.63, 3.8) is 0 Å². The molecule has 0 bridgehead atoms. The normalized spacial score (nSPS) is 10.1. The molecule has 0 aliphatic heterocycles. The Kier molecular flexibility index (Phi) is 4.90. The first-order valence-corrected chi connectivity index (χ1v) is 4.93. The Hall–Kier alpha value is -1.29. The number of hydrogen-bond acceptors (Lipinski definition) is 3. The molecule has 0 aliphatic carbocycles. The minimum absolute atomic E-state index is 0.285. The Morgan fingerprint density at radius 1 is 1.40 bits per heavy atom. The molecule has 0 spiro atoms. The van der Waals surface area contributed by atoms with Crippen LogP contribution in [0, 0.1) is 5.82 Å². The van der Waals surface area contributed by atoms with E-state index in [9.17, 15) is 4.39 Å². The summed E-state index contributed by atoms with van der Waals surface area (Å²) >= 11 is 0. The van der Waals surface area contributed by atoms with E-state index in [-0.39, 0.29) is 5.82 Å². The van der Waals surface area contributed by atoms with E-state index in [0.29, 0.717) is 31.2 Å². The quantitative estimate of drug-likeness (QED) is 0.735. The van der Waals surface area contributed by atoms with Crippen molar-refractivity contribution in [3.8, 4) is 5.75 Å². The van der Waals surface area contributed by atoms with E-state index in [2.05, 4.69) is 5.32 Å². The summed E-state index contributed by atoms with van der Waals surface area (Å²) in [6, 6.07) is 4.59. The zero-order valence-electron chi connectivity index (χ0n) is 9.05. The van der Waals surface area contributed by atoms with E-state index in [1.54, 1.807) is 19.2 Å². The smallest absolute Gasteiger partial charge is 0.146 e. The number of rotatable bonds is 6. The molecule has 0 aliphatic rings. The van der Waals surface area contributed by atoms with Gasteiger partial charge in [-0.25, -0.2) is 4.39 Å². The third-order valence-corrected chi connectivity index (χ3v) is 1.94. The van der Waals surface area contributed by atoms with Gasteiger partial charge >= 0.3 is 0 Å². The third kappa shape index (κ3) is 3.75. The maximum Gasteiger partial charge on any atom is 0.146 e. The summed E-state index contributed by atoms with van der Waals surface area (Å²) in [4.78, 5) is 0. The van der Waals surface area contributed by atoms with E-state index < -0.39 is 0 Å². The molecular weight excluding hydrogens is 197 g/mol. The van der Waals surface area contributed by atoms with Crippen LogP contribution >= 0.6 is 0 Å². The van der Waals surface area contributed by atoms with Crippen LogP contribution in [0.25, 0.3) is 0 Å². The number of halogens is 1. The number of ether oxygens (including phenoxy) is 2. The van der Waals surface area contributed by atoms with Crippen LogP contribution < -0.4 is 10.1 Å². The van der Waals surface area contributed by atoms with Crippen molar-refractivity contribution in [2.45, 2.75) is 6.92 Å². The second-order valence-electron chi connectivity index (χ2n) is 2.97. The summed E-state index contributed by atoms with van der Waals surface area (Å²) in [5.74, 6) is 0.350. The summed E-state index contributed by atoms with van der Waals surface area (Å²) in [6.07, 6.45) is 0. The Labute approximate surface area is 89.2 Å². The second-order valence-corrected chi connectivity index (χ2v) is 2.97. The average molecular weight is 213 g/mol. The van der Waals surface area contributed by atoms with Gasteiger partial charge in [-0.1, -0.05) is 0 Å². The molecule has 3 nitrogen and oxygen atoms in total. The molecule has 0 heterocycles. The van der Waals surface area contributed by atoms with Crippen molar-refractivity contribution in [1.82, 2.24) is 0 Å². The highest BCUT2D eigenvalue weighted by Gasteiger charge is 2.02. The van der Waals surface area contributed by atoms with Gasteiger partial charge in [0.25, 0.3) is 0 Å². The lowest BCUT2D eigenvalue weighted by Gasteiger charge is -2.09. The topological polar surface area (TPSA) is 30.5 Å². The summed E-state index contributed by atoms with van der Waals surface area (Å²) < 4.78 is 23.4. The van der Waals surface area contributed by atoms with E-state index in [1.165, 1.54) is 6.07 Å². The van der Waals surface area contributed by atoms with Gasteiger partial charge in [0.1, 0.15) is 11.6 Å². The fourth-order valence-electron chi connectivity index (χ4n) is 1.17. The van der Waals surface area contributed by atoms with Crippen molar-refractivity contribution in [2.75, 3.05) is 32.2 Å². The molecule has 1 aromatic rings. The molecule has 1 aromatic carbocycles. The predicted molar refractivity (Wildman–Crippen MR) is 57.9 cm³/mol. The fourth-order valence-corrected chi connectivity index (χ4v) is 1.17. The Balaban J connectivity index is 2.51. The third-order valence-electron chi connectivity index (χ3n) is 1.94. The molecule has 4 heteroatoms. The lowest BCUT2D eigenvalue weighted by molar-refractivity contribution is 0.158. The highest BCUT2D eigenvalue weighted by Crippen LogP contribution is 2.20. The largest absolute Gasteiger partial charge is 0.497 e. The first kappa shape index (κ1) is 11.8. The van der Waals surface area contributed by atoms with Gasteiger partial charge in [0.05, 0.1) is 19.4 Å². The number of anilines is 1. The minimum atomic E-state index is -0.285. The Morgan fingerprint density at radius 3 is 2.87 bits per heavy atom. The highest BCUT2D eigenvalue weighted by molar-refractivity contribution is 5.49. The molecule has 0 unspecified atom stereocenters. The number of benzene rings is 1. The first-order valence-electron chi connectivity index (χ1n) is 4.93. The Bertz CT molecular complexity index is 305. The average Bonchev–Trinajstić information content (AvgIpc) is 2.26. The SMILES string of the molecule is CCOCCNc1cc(OC)ccc1F. The molecule has 84 valence electrons. The number of methoxy groups -OCH3 is 1. The molecular formula is C11H16FNO2. The van der Waals surface area contributed by atoms with Crippen molar-refractivity contribution in [2.24, 2.45) is 0 Å². The summed E-state index contributed by atoms with van der Waals surface area (Å²) in [7, 11) is 1.55. The van der Waals surface area contributed by atoms with E-state index >= 15 is 0 Å². The zero-order chi connectivity index (χ0) is 11.1. The zero-order valence-corrected chi connectivity index (χ0v) is 9.05. The summed E-state index contributed by atoms with van der Waals surface area (Å²) in [6.45, 7) is 3.74. The lowest BCUT2D eigenvalue weighted by atomic mass is 10.3.